The topological polar surface area (TPSA) is 54.2 Å². The fraction of sp³-hybridized carbons (Fsp3) is 0.688. The van der Waals surface area contributed by atoms with Crippen molar-refractivity contribution in [3.05, 3.63) is 30.1 Å². The van der Waals surface area contributed by atoms with Crippen LogP contribution in [0, 0.1) is 5.92 Å². The maximum atomic E-state index is 5.64. The summed E-state index contributed by atoms with van der Waals surface area (Å²) in [4.78, 5) is 6.97. The maximum absolute atomic E-state index is 5.64. The summed E-state index contributed by atoms with van der Waals surface area (Å²) >= 11 is 0. The van der Waals surface area contributed by atoms with Gasteiger partial charge in [0, 0.05) is 31.9 Å². The van der Waals surface area contributed by atoms with Gasteiger partial charge < -0.3 is 11.1 Å². The Morgan fingerprint density at radius 1 is 1.45 bits per heavy atom. The van der Waals surface area contributed by atoms with Crippen molar-refractivity contribution >= 4 is 0 Å². The van der Waals surface area contributed by atoms with Crippen molar-refractivity contribution in [1.29, 1.82) is 0 Å². The van der Waals surface area contributed by atoms with Gasteiger partial charge in [-0.2, -0.15) is 0 Å². The average Bonchev–Trinajstić information content (AvgIpc) is 2.89. The predicted molar refractivity (Wildman–Crippen MR) is 83.4 cm³/mol. The fourth-order valence-corrected chi connectivity index (χ4v) is 3.04. The van der Waals surface area contributed by atoms with Crippen LogP contribution in [-0.4, -0.2) is 42.1 Å². The molecule has 20 heavy (non-hydrogen) atoms. The molecule has 0 bridgehead atoms. The van der Waals surface area contributed by atoms with Gasteiger partial charge in [-0.3, -0.25) is 9.88 Å². The van der Waals surface area contributed by atoms with Crippen LogP contribution < -0.4 is 11.1 Å². The number of rotatable bonds is 8. The summed E-state index contributed by atoms with van der Waals surface area (Å²) in [5.41, 5.74) is 6.76. The molecule has 2 heterocycles. The second-order valence-electron chi connectivity index (χ2n) is 5.75. The van der Waals surface area contributed by atoms with Crippen molar-refractivity contribution in [2.75, 3.05) is 26.2 Å². The van der Waals surface area contributed by atoms with Crippen molar-refractivity contribution in [2.24, 2.45) is 11.7 Å². The Hall–Kier alpha value is -0.970. The number of pyridine rings is 1. The molecule has 1 aromatic heterocycles. The van der Waals surface area contributed by atoms with Crippen molar-refractivity contribution < 1.29 is 0 Å². The van der Waals surface area contributed by atoms with E-state index in [9.17, 15) is 0 Å². The van der Waals surface area contributed by atoms with Gasteiger partial charge >= 0.3 is 0 Å². The number of hydrogen-bond acceptors (Lipinski definition) is 4. The van der Waals surface area contributed by atoms with Crippen molar-refractivity contribution in [3.63, 3.8) is 0 Å². The molecule has 0 aliphatic carbocycles. The van der Waals surface area contributed by atoms with Crippen LogP contribution in [0.5, 0.6) is 0 Å². The van der Waals surface area contributed by atoms with Crippen molar-refractivity contribution in [2.45, 2.75) is 38.8 Å². The molecule has 0 aromatic carbocycles. The number of likely N-dealkylation sites (tertiary alicyclic amines) is 1. The number of nitrogens with zero attached hydrogens (tertiary/aromatic N) is 2. The van der Waals surface area contributed by atoms with Gasteiger partial charge in [0.25, 0.3) is 0 Å². The van der Waals surface area contributed by atoms with Crippen LogP contribution >= 0.6 is 0 Å². The van der Waals surface area contributed by atoms with E-state index in [1.54, 1.807) is 0 Å². The third-order valence-electron chi connectivity index (χ3n) is 4.25. The Labute approximate surface area is 122 Å². The molecule has 1 aliphatic heterocycles. The highest BCUT2D eigenvalue weighted by molar-refractivity contribution is 5.03. The summed E-state index contributed by atoms with van der Waals surface area (Å²) in [7, 11) is 0. The average molecular weight is 276 g/mol. The predicted octanol–water partition coefficient (Wildman–Crippen LogP) is 1.62. The highest BCUT2D eigenvalue weighted by atomic mass is 15.2. The van der Waals surface area contributed by atoms with Crippen LogP contribution in [0.4, 0.5) is 0 Å². The van der Waals surface area contributed by atoms with E-state index in [0.29, 0.717) is 6.04 Å². The molecular weight excluding hydrogens is 248 g/mol. The monoisotopic (exact) mass is 276 g/mol. The van der Waals surface area contributed by atoms with E-state index in [1.807, 2.05) is 18.3 Å². The van der Waals surface area contributed by atoms with Crippen molar-refractivity contribution in [1.82, 2.24) is 15.2 Å². The first-order valence-electron chi connectivity index (χ1n) is 7.88. The minimum absolute atomic E-state index is 0.662. The highest BCUT2D eigenvalue weighted by Crippen LogP contribution is 2.25. The number of nitrogens with one attached hydrogen (secondary N) is 1. The zero-order chi connectivity index (χ0) is 14.2. The molecule has 1 fully saturated rings. The number of hydrogen-bond donors (Lipinski definition) is 2. The van der Waals surface area contributed by atoms with E-state index < -0.39 is 0 Å². The first-order valence-corrected chi connectivity index (χ1v) is 7.88. The lowest BCUT2D eigenvalue weighted by Crippen LogP contribution is -2.38. The Balaban J connectivity index is 1.77. The molecule has 2 atom stereocenters. The molecule has 1 saturated heterocycles. The Bertz CT molecular complexity index is 368. The summed E-state index contributed by atoms with van der Waals surface area (Å²) < 4.78 is 0. The molecule has 0 radical (unpaired) electrons. The van der Waals surface area contributed by atoms with E-state index >= 15 is 0 Å². The fourth-order valence-electron chi connectivity index (χ4n) is 3.04. The molecule has 4 heteroatoms. The minimum Gasteiger partial charge on any atom is -0.330 e. The van der Waals surface area contributed by atoms with E-state index in [0.717, 1.165) is 44.2 Å². The molecule has 2 rings (SSSR count). The molecule has 1 aliphatic rings. The van der Waals surface area contributed by atoms with Crippen LogP contribution in [0.3, 0.4) is 0 Å². The van der Waals surface area contributed by atoms with E-state index in [1.165, 1.54) is 19.4 Å². The van der Waals surface area contributed by atoms with Gasteiger partial charge in [-0.25, -0.2) is 0 Å². The molecule has 0 spiro atoms. The second-order valence-corrected chi connectivity index (χ2v) is 5.75. The quantitative estimate of drug-likeness (QED) is 0.757. The lowest BCUT2D eigenvalue weighted by Gasteiger charge is -2.24. The summed E-state index contributed by atoms with van der Waals surface area (Å²) in [6.45, 7) is 7.39. The molecule has 3 N–H and O–H groups in total. The SMILES string of the molecule is CCC1CC(CNCc2ccccn2)N(CCCN)C1. The number of nitrogens with two attached hydrogens (primary N) is 1. The Morgan fingerprint density at radius 2 is 2.35 bits per heavy atom. The summed E-state index contributed by atoms with van der Waals surface area (Å²) in [5, 5.41) is 3.56. The smallest absolute Gasteiger partial charge is 0.0541 e. The van der Waals surface area contributed by atoms with Gasteiger partial charge in [-0.05, 0) is 44.0 Å². The second kappa shape index (κ2) is 8.35. The third-order valence-corrected chi connectivity index (χ3v) is 4.25. The van der Waals surface area contributed by atoms with Crippen LogP contribution in [0.1, 0.15) is 31.9 Å². The van der Waals surface area contributed by atoms with Gasteiger partial charge in [0.2, 0.25) is 0 Å². The molecule has 0 saturated carbocycles. The molecule has 1 aromatic rings. The molecule has 2 unspecified atom stereocenters. The molecule has 0 amide bonds. The molecule has 112 valence electrons. The lowest BCUT2D eigenvalue weighted by molar-refractivity contribution is 0.242. The largest absolute Gasteiger partial charge is 0.330 e. The van der Waals surface area contributed by atoms with Gasteiger partial charge in [-0.15, -0.1) is 0 Å². The minimum atomic E-state index is 0.662. The Kier molecular flexibility index (Phi) is 6.43. The van der Waals surface area contributed by atoms with Crippen LogP contribution in [-0.2, 0) is 6.54 Å². The summed E-state index contributed by atoms with van der Waals surface area (Å²) in [6.07, 6.45) is 5.56. The van der Waals surface area contributed by atoms with E-state index in [4.69, 9.17) is 5.73 Å². The highest BCUT2D eigenvalue weighted by Gasteiger charge is 2.29. The normalized spacial score (nSPS) is 23.3. The number of aromatic nitrogens is 1. The maximum Gasteiger partial charge on any atom is 0.0541 e. The van der Waals surface area contributed by atoms with Gasteiger partial charge in [-0.1, -0.05) is 19.4 Å². The molecule has 4 nitrogen and oxygen atoms in total. The van der Waals surface area contributed by atoms with E-state index in [-0.39, 0.29) is 0 Å². The van der Waals surface area contributed by atoms with Gasteiger partial charge in [0.1, 0.15) is 0 Å². The first-order chi connectivity index (χ1) is 9.83. The van der Waals surface area contributed by atoms with Gasteiger partial charge in [0.05, 0.1) is 5.69 Å². The van der Waals surface area contributed by atoms with Crippen LogP contribution in [0.25, 0.3) is 0 Å². The standard InChI is InChI=1S/C16H28N4/c1-2-14-10-16(20(13-14)9-5-7-17)12-18-11-15-6-3-4-8-19-15/h3-4,6,8,14,16,18H,2,5,7,9-13,17H2,1H3. The Morgan fingerprint density at radius 3 is 3.05 bits per heavy atom. The summed E-state index contributed by atoms with van der Waals surface area (Å²) in [6, 6.07) is 6.74. The lowest BCUT2D eigenvalue weighted by atomic mass is 10.0. The molecular formula is C16H28N4. The van der Waals surface area contributed by atoms with Crippen LogP contribution in [0.15, 0.2) is 24.4 Å². The van der Waals surface area contributed by atoms with Crippen molar-refractivity contribution in [3.8, 4) is 0 Å². The summed E-state index contributed by atoms with van der Waals surface area (Å²) in [5.74, 6) is 0.856. The van der Waals surface area contributed by atoms with E-state index in [2.05, 4.69) is 28.2 Å². The first kappa shape index (κ1) is 15.4. The zero-order valence-corrected chi connectivity index (χ0v) is 12.6. The zero-order valence-electron chi connectivity index (χ0n) is 12.6. The van der Waals surface area contributed by atoms with Gasteiger partial charge in [0.15, 0.2) is 0 Å². The third kappa shape index (κ3) is 4.54. The van der Waals surface area contributed by atoms with Crippen LogP contribution in [0.2, 0.25) is 0 Å².